The van der Waals surface area contributed by atoms with Crippen LogP contribution in [0.1, 0.15) is 17.0 Å². The van der Waals surface area contributed by atoms with Gasteiger partial charge in [0, 0.05) is 17.8 Å². The maximum absolute atomic E-state index is 9.59. The van der Waals surface area contributed by atoms with Gasteiger partial charge in [-0.2, -0.15) is 0 Å². The summed E-state index contributed by atoms with van der Waals surface area (Å²) in [5, 5.41) is 9.59. The molecule has 0 fully saturated rings. The van der Waals surface area contributed by atoms with Crippen molar-refractivity contribution in [3.63, 3.8) is 0 Å². The first-order valence-electron chi connectivity index (χ1n) is 4.04. The molecule has 0 aliphatic heterocycles. The molecule has 72 valence electrons. The van der Waals surface area contributed by atoms with Crippen molar-refractivity contribution in [2.45, 2.75) is 20.4 Å². The minimum absolute atomic E-state index is 0.0774. The smallest absolute Gasteiger partial charge is 0.179 e. The Kier molecular flexibility index (Phi) is 2.72. The third kappa shape index (κ3) is 1.58. The monoisotopic (exact) mass is 182 g/mol. The Morgan fingerprint density at radius 2 is 2.00 bits per heavy atom. The van der Waals surface area contributed by atoms with E-state index in [1.807, 2.05) is 6.92 Å². The molecule has 1 rings (SSSR count). The van der Waals surface area contributed by atoms with Gasteiger partial charge in [0.25, 0.3) is 0 Å². The summed E-state index contributed by atoms with van der Waals surface area (Å²) >= 11 is 0. The molecular formula is C9H14N2O2. The average molecular weight is 182 g/mol. The van der Waals surface area contributed by atoms with Gasteiger partial charge < -0.3 is 15.6 Å². The van der Waals surface area contributed by atoms with Gasteiger partial charge in [-0.15, -0.1) is 0 Å². The Hall–Kier alpha value is -1.29. The first-order chi connectivity index (χ1) is 6.11. The molecule has 0 radical (unpaired) electrons. The number of pyridine rings is 1. The number of hydrogen-bond acceptors (Lipinski definition) is 4. The minimum atomic E-state index is 0.0774. The number of aromatic nitrogens is 1. The molecule has 0 unspecified atom stereocenters. The van der Waals surface area contributed by atoms with E-state index in [-0.39, 0.29) is 5.75 Å². The topological polar surface area (TPSA) is 68.4 Å². The number of rotatable bonds is 2. The molecule has 0 amide bonds. The van der Waals surface area contributed by atoms with Gasteiger partial charge in [-0.05, 0) is 13.8 Å². The Labute approximate surface area is 77.4 Å². The van der Waals surface area contributed by atoms with Gasteiger partial charge in [0.2, 0.25) is 0 Å². The van der Waals surface area contributed by atoms with E-state index in [2.05, 4.69) is 4.98 Å². The van der Waals surface area contributed by atoms with E-state index >= 15 is 0 Å². The van der Waals surface area contributed by atoms with Gasteiger partial charge in [0.05, 0.1) is 12.8 Å². The fraction of sp³-hybridized carbons (Fsp3) is 0.444. The predicted molar refractivity (Wildman–Crippen MR) is 49.8 cm³/mol. The quantitative estimate of drug-likeness (QED) is 0.712. The number of aromatic hydroxyl groups is 1. The highest BCUT2D eigenvalue weighted by atomic mass is 16.5. The fourth-order valence-corrected chi connectivity index (χ4v) is 1.30. The first-order valence-corrected chi connectivity index (χ1v) is 4.04. The van der Waals surface area contributed by atoms with Gasteiger partial charge in [0.15, 0.2) is 11.5 Å². The van der Waals surface area contributed by atoms with Gasteiger partial charge >= 0.3 is 0 Å². The Morgan fingerprint density at radius 3 is 2.46 bits per heavy atom. The second-order valence-corrected chi connectivity index (χ2v) is 2.85. The standard InChI is InChI=1S/C9H14N2O2/c1-5-7(4-10)9(13-3)8(12)6(2)11-5/h12H,4,10H2,1-3H3. The molecule has 0 bridgehead atoms. The molecule has 1 heterocycles. The first kappa shape index (κ1) is 9.80. The zero-order valence-corrected chi connectivity index (χ0v) is 8.09. The molecule has 0 aromatic carbocycles. The SMILES string of the molecule is COc1c(O)c(C)nc(C)c1CN. The molecule has 0 aliphatic carbocycles. The van der Waals surface area contributed by atoms with Gasteiger partial charge in [0.1, 0.15) is 0 Å². The molecule has 3 N–H and O–H groups in total. The summed E-state index contributed by atoms with van der Waals surface area (Å²) in [4.78, 5) is 4.14. The summed E-state index contributed by atoms with van der Waals surface area (Å²) < 4.78 is 5.06. The normalized spacial score (nSPS) is 10.2. The number of methoxy groups -OCH3 is 1. The lowest BCUT2D eigenvalue weighted by molar-refractivity contribution is 0.364. The van der Waals surface area contributed by atoms with Crippen LogP contribution < -0.4 is 10.5 Å². The van der Waals surface area contributed by atoms with Crippen LogP contribution >= 0.6 is 0 Å². The Morgan fingerprint density at radius 1 is 1.38 bits per heavy atom. The highest BCUT2D eigenvalue weighted by Gasteiger charge is 2.14. The van der Waals surface area contributed by atoms with E-state index in [0.717, 1.165) is 11.3 Å². The molecule has 4 heteroatoms. The number of nitrogens with zero attached hydrogens (tertiary/aromatic N) is 1. The molecule has 4 nitrogen and oxygen atoms in total. The molecule has 0 aliphatic rings. The third-order valence-electron chi connectivity index (χ3n) is 2.01. The molecule has 13 heavy (non-hydrogen) atoms. The van der Waals surface area contributed by atoms with Gasteiger partial charge in [-0.1, -0.05) is 0 Å². The summed E-state index contributed by atoms with van der Waals surface area (Å²) in [6.45, 7) is 3.89. The van der Waals surface area contributed by atoms with Gasteiger partial charge in [-0.3, -0.25) is 4.98 Å². The maximum Gasteiger partial charge on any atom is 0.179 e. The molecule has 1 aromatic rings. The van der Waals surface area contributed by atoms with E-state index in [0.29, 0.717) is 18.0 Å². The van der Waals surface area contributed by atoms with Crippen LogP contribution in [0.4, 0.5) is 0 Å². The number of hydrogen-bond donors (Lipinski definition) is 2. The lowest BCUT2D eigenvalue weighted by Gasteiger charge is -2.12. The van der Waals surface area contributed by atoms with Crippen molar-refractivity contribution in [1.82, 2.24) is 4.98 Å². The highest BCUT2D eigenvalue weighted by Crippen LogP contribution is 2.33. The summed E-state index contributed by atoms with van der Waals surface area (Å²) in [5.74, 6) is 0.515. The van der Waals surface area contributed by atoms with Crippen molar-refractivity contribution in [2.24, 2.45) is 5.73 Å². The molecule has 1 aromatic heterocycles. The lowest BCUT2D eigenvalue weighted by Crippen LogP contribution is -2.05. The molecule has 0 saturated heterocycles. The molecular weight excluding hydrogens is 168 g/mol. The van der Waals surface area contributed by atoms with Crippen LogP contribution in [0, 0.1) is 13.8 Å². The maximum atomic E-state index is 9.59. The summed E-state index contributed by atoms with van der Waals surface area (Å²) in [7, 11) is 1.51. The van der Waals surface area contributed by atoms with Crippen molar-refractivity contribution >= 4 is 0 Å². The van der Waals surface area contributed by atoms with Crippen molar-refractivity contribution < 1.29 is 9.84 Å². The zero-order valence-electron chi connectivity index (χ0n) is 8.09. The van der Waals surface area contributed by atoms with Crippen molar-refractivity contribution in [2.75, 3.05) is 7.11 Å². The van der Waals surface area contributed by atoms with Crippen molar-refractivity contribution in [3.05, 3.63) is 17.0 Å². The van der Waals surface area contributed by atoms with Crippen LogP contribution in [0.3, 0.4) is 0 Å². The fourth-order valence-electron chi connectivity index (χ4n) is 1.30. The summed E-state index contributed by atoms with van der Waals surface area (Å²) in [6.07, 6.45) is 0. The Balaban J connectivity index is 3.41. The van der Waals surface area contributed by atoms with Crippen LogP contribution in [0.5, 0.6) is 11.5 Å². The Bertz CT molecular complexity index is 324. The second-order valence-electron chi connectivity index (χ2n) is 2.85. The van der Waals surface area contributed by atoms with Crippen molar-refractivity contribution in [1.29, 1.82) is 0 Å². The van der Waals surface area contributed by atoms with Crippen molar-refractivity contribution in [3.8, 4) is 11.5 Å². The van der Waals surface area contributed by atoms with Crippen LogP contribution in [-0.4, -0.2) is 17.2 Å². The van der Waals surface area contributed by atoms with Crippen LogP contribution in [-0.2, 0) is 6.54 Å². The molecule has 0 atom stereocenters. The van der Waals surface area contributed by atoms with E-state index in [9.17, 15) is 5.11 Å². The van der Waals surface area contributed by atoms with Gasteiger partial charge in [-0.25, -0.2) is 0 Å². The lowest BCUT2D eigenvalue weighted by atomic mass is 10.1. The molecule has 0 saturated carbocycles. The van der Waals surface area contributed by atoms with E-state index < -0.39 is 0 Å². The highest BCUT2D eigenvalue weighted by molar-refractivity contribution is 5.49. The summed E-state index contributed by atoms with van der Waals surface area (Å²) in [5.41, 5.74) is 7.63. The largest absolute Gasteiger partial charge is 0.503 e. The van der Waals surface area contributed by atoms with E-state index in [1.165, 1.54) is 7.11 Å². The number of nitrogens with two attached hydrogens (primary N) is 1. The summed E-state index contributed by atoms with van der Waals surface area (Å²) in [6, 6.07) is 0. The number of ether oxygens (including phenoxy) is 1. The van der Waals surface area contributed by atoms with Crippen LogP contribution in [0.25, 0.3) is 0 Å². The average Bonchev–Trinajstić information content (AvgIpc) is 2.10. The van der Waals surface area contributed by atoms with E-state index in [1.54, 1.807) is 6.92 Å². The predicted octanol–water partition coefficient (Wildman–Crippen LogP) is 0.871. The minimum Gasteiger partial charge on any atom is -0.503 e. The third-order valence-corrected chi connectivity index (χ3v) is 2.01. The second kappa shape index (κ2) is 3.62. The van der Waals surface area contributed by atoms with Crippen LogP contribution in [0.15, 0.2) is 0 Å². The van der Waals surface area contributed by atoms with Crippen LogP contribution in [0.2, 0.25) is 0 Å². The number of aryl methyl sites for hydroxylation is 2. The zero-order chi connectivity index (χ0) is 10.0. The van der Waals surface area contributed by atoms with E-state index in [4.69, 9.17) is 10.5 Å². The molecule has 0 spiro atoms.